The molecule has 0 saturated carbocycles. The predicted octanol–water partition coefficient (Wildman–Crippen LogP) is 4.27. The summed E-state index contributed by atoms with van der Waals surface area (Å²) in [5, 5.41) is 0. The number of allylic oxidation sites excluding steroid dienone is 3. The molecule has 0 spiro atoms. The number of carbonyl (C=O) groups excluding carboxylic acids is 1. The van der Waals surface area contributed by atoms with Crippen molar-refractivity contribution in [3.63, 3.8) is 0 Å². The van der Waals surface area contributed by atoms with Gasteiger partial charge in [0.25, 0.3) is 0 Å². The van der Waals surface area contributed by atoms with Gasteiger partial charge in [0.15, 0.2) is 0 Å². The molecule has 0 aromatic heterocycles. The first-order valence-electron chi connectivity index (χ1n) is 6.89. The molecule has 2 atom stereocenters. The summed E-state index contributed by atoms with van der Waals surface area (Å²) < 4.78 is 5.25. The van der Waals surface area contributed by atoms with Crippen LogP contribution in [-0.4, -0.2) is 12.1 Å². The standard InChI is InChI=1S/C16H26O2/c1-6-14(18-13(3)17)9-10-15-12(2)8-7-11-16(15,4)5/h8-10,14-15H,6-7,11H2,1-5H3/b10-9+/t14-,15+/m1/s1. The average Bonchev–Trinajstić information content (AvgIpc) is 2.25. The Morgan fingerprint density at radius 1 is 1.61 bits per heavy atom. The lowest BCUT2D eigenvalue weighted by molar-refractivity contribution is -0.144. The smallest absolute Gasteiger partial charge is 0.303 e. The van der Waals surface area contributed by atoms with Gasteiger partial charge in [-0.2, -0.15) is 0 Å². The van der Waals surface area contributed by atoms with Gasteiger partial charge in [-0.05, 0) is 37.7 Å². The van der Waals surface area contributed by atoms with Gasteiger partial charge in [-0.25, -0.2) is 0 Å². The number of esters is 1. The molecule has 0 bridgehead atoms. The topological polar surface area (TPSA) is 26.3 Å². The number of hydrogen-bond acceptors (Lipinski definition) is 2. The van der Waals surface area contributed by atoms with Gasteiger partial charge >= 0.3 is 5.97 Å². The molecule has 0 aliphatic heterocycles. The molecule has 1 aliphatic carbocycles. The maximum Gasteiger partial charge on any atom is 0.303 e. The largest absolute Gasteiger partial charge is 0.458 e. The second-order valence-electron chi connectivity index (χ2n) is 5.89. The van der Waals surface area contributed by atoms with Crippen LogP contribution in [0.3, 0.4) is 0 Å². The zero-order valence-electron chi connectivity index (χ0n) is 12.3. The Morgan fingerprint density at radius 2 is 2.28 bits per heavy atom. The fourth-order valence-electron chi connectivity index (χ4n) is 2.69. The third kappa shape index (κ3) is 4.01. The Hall–Kier alpha value is -1.05. The molecule has 1 aliphatic rings. The maximum atomic E-state index is 11.0. The number of carbonyl (C=O) groups is 1. The summed E-state index contributed by atoms with van der Waals surface area (Å²) in [6.07, 6.45) is 9.72. The summed E-state index contributed by atoms with van der Waals surface area (Å²) in [5.74, 6) is 0.248. The van der Waals surface area contributed by atoms with Gasteiger partial charge in [-0.15, -0.1) is 0 Å². The number of hydrogen-bond donors (Lipinski definition) is 0. The first kappa shape index (κ1) is 15.0. The van der Waals surface area contributed by atoms with E-state index in [1.54, 1.807) is 0 Å². The molecule has 0 radical (unpaired) electrons. The van der Waals surface area contributed by atoms with Crippen LogP contribution in [0.4, 0.5) is 0 Å². The SMILES string of the molecule is CC[C@H](/C=C/[C@H]1C(C)=CCCC1(C)C)OC(C)=O. The molecule has 0 saturated heterocycles. The first-order valence-corrected chi connectivity index (χ1v) is 6.89. The predicted molar refractivity (Wildman–Crippen MR) is 75.2 cm³/mol. The van der Waals surface area contributed by atoms with Gasteiger partial charge in [-0.3, -0.25) is 4.79 Å². The summed E-state index contributed by atoms with van der Waals surface area (Å²) >= 11 is 0. The molecule has 2 nitrogen and oxygen atoms in total. The van der Waals surface area contributed by atoms with Crippen LogP contribution < -0.4 is 0 Å². The summed E-state index contributed by atoms with van der Waals surface area (Å²) in [6, 6.07) is 0. The van der Waals surface area contributed by atoms with Crippen LogP contribution in [0.5, 0.6) is 0 Å². The van der Waals surface area contributed by atoms with E-state index in [0.29, 0.717) is 11.3 Å². The van der Waals surface area contributed by atoms with Crippen LogP contribution in [0.15, 0.2) is 23.8 Å². The third-order valence-corrected chi connectivity index (χ3v) is 3.83. The Balaban J connectivity index is 2.77. The van der Waals surface area contributed by atoms with Gasteiger partial charge in [-0.1, -0.05) is 38.5 Å². The van der Waals surface area contributed by atoms with Crippen LogP contribution in [0.25, 0.3) is 0 Å². The van der Waals surface area contributed by atoms with Crippen molar-refractivity contribution in [1.29, 1.82) is 0 Å². The molecular weight excluding hydrogens is 224 g/mol. The number of ether oxygens (including phenoxy) is 1. The van der Waals surface area contributed by atoms with Gasteiger partial charge in [0.2, 0.25) is 0 Å². The van der Waals surface area contributed by atoms with Crippen molar-refractivity contribution in [2.75, 3.05) is 0 Å². The monoisotopic (exact) mass is 250 g/mol. The van der Waals surface area contributed by atoms with E-state index in [0.717, 1.165) is 6.42 Å². The third-order valence-electron chi connectivity index (χ3n) is 3.83. The van der Waals surface area contributed by atoms with E-state index in [1.807, 2.05) is 6.92 Å². The maximum absolute atomic E-state index is 11.0. The van der Waals surface area contributed by atoms with Crippen LogP contribution in [-0.2, 0) is 9.53 Å². The lowest BCUT2D eigenvalue weighted by Crippen LogP contribution is -2.26. The summed E-state index contributed by atoms with van der Waals surface area (Å²) in [4.78, 5) is 11.0. The quantitative estimate of drug-likeness (QED) is 0.550. The second kappa shape index (κ2) is 6.21. The summed E-state index contributed by atoms with van der Waals surface area (Å²) in [6.45, 7) is 10.3. The molecule has 0 aromatic rings. The van der Waals surface area contributed by atoms with Crippen molar-refractivity contribution in [2.24, 2.45) is 11.3 Å². The van der Waals surface area contributed by atoms with E-state index in [9.17, 15) is 4.79 Å². The minimum absolute atomic E-state index is 0.0898. The molecular formula is C16H26O2. The summed E-state index contributed by atoms with van der Waals surface area (Å²) in [5.41, 5.74) is 1.73. The number of rotatable bonds is 4. The molecule has 0 fully saturated rings. The molecule has 1 rings (SSSR count). The lowest BCUT2D eigenvalue weighted by Gasteiger charge is -2.36. The normalized spacial score (nSPS) is 24.7. The van der Waals surface area contributed by atoms with Crippen LogP contribution in [0, 0.1) is 11.3 Å². The highest BCUT2D eigenvalue weighted by Gasteiger charge is 2.30. The Bertz CT molecular complexity index is 350. The summed E-state index contributed by atoms with van der Waals surface area (Å²) in [7, 11) is 0. The van der Waals surface area contributed by atoms with Gasteiger partial charge < -0.3 is 4.74 Å². The van der Waals surface area contributed by atoms with Crippen molar-refractivity contribution in [2.45, 2.75) is 60.0 Å². The molecule has 0 heterocycles. The first-order chi connectivity index (χ1) is 8.36. The van der Waals surface area contributed by atoms with E-state index in [1.165, 1.54) is 25.3 Å². The zero-order chi connectivity index (χ0) is 13.8. The fourth-order valence-corrected chi connectivity index (χ4v) is 2.69. The molecule has 2 heteroatoms. The van der Waals surface area contributed by atoms with Crippen molar-refractivity contribution < 1.29 is 9.53 Å². The molecule has 0 amide bonds. The van der Waals surface area contributed by atoms with E-state index < -0.39 is 0 Å². The molecule has 18 heavy (non-hydrogen) atoms. The van der Waals surface area contributed by atoms with Crippen molar-refractivity contribution in [3.8, 4) is 0 Å². The van der Waals surface area contributed by atoms with Crippen molar-refractivity contribution in [1.82, 2.24) is 0 Å². The highest BCUT2D eigenvalue weighted by atomic mass is 16.5. The lowest BCUT2D eigenvalue weighted by atomic mass is 9.68. The second-order valence-corrected chi connectivity index (χ2v) is 5.89. The van der Waals surface area contributed by atoms with Crippen molar-refractivity contribution >= 4 is 5.97 Å². The van der Waals surface area contributed by atoms with E-state index in [4.69, 9.17) is 4.74 Å². The Labute approximate surface area is 111 Å². The zero-order valence-corrected chi connectivity index (χ0v) is 12.3. The Morgan fingerprint density at radius 3 is 2.78 bits per heavy atom. The highest BCUT2D eigenvalue weighted by molar-refractivity contribution is 5.66. The van der Waals surface area contributed by atoms with Gasteiger partial charge in [0, 0.05) is 12.8 Å². The Kier molecular flexibility index (Phi) is 5.18. The molecule has 0 aromatic carbocycles. The van der Waals surface area contributed by atoms with Crippen LogP contribution in [0.2, 0.25) is 0 Å². The van der Waals surface area contributed by atoms with E-state index in [-0.39, 0.29) is 12.1 Å². The fraction of sp³-hybridized carbons (Fsp3) is 0.688. The average molecular weight is 250 g/mol. The minimum atomic E-state index is -0.207. The molecule has 0 unspecified atom stereocenters. The minimum Gasteiger partial charge on any atom is -0.458 e. The van der Waals surface area contributed by atoms with E-state index >= 15 is 0 Å². The van der Waals surface area contributed by atoms with E-state index in [2.05, 4.69) is 39.0 Å². The van der Waals surface area contributed by atoms with Crippen LogP contribution in [0.1, 0.15) is 53.9 Å². The van der Waals surface area contributed by atoms with Crippen molar-refractivity contribution in [3.05, 3.63) is 23.8 Å². The highest BCUT2D eigenvalue weighted by Crippen LogP contribution is 2.41. The molecule has 0 N–H and O–H groups in total. The molecule has 102 valence electrons. The van der Waals surface area contributed by atoms with Crippen LogP contribution >= 0.6 is 0 Å². The van der Waals surface area contributed by atoms with Gasteiger partial charge in [0.1, 0.15) is 6.10 Å². The van der Waals surface area contributed by atoms with Gasteiger partial charge in [0.05, 0.1) is 0 Å².